The van der Waals surface area contributed by atoms with Crippen LogP contribution in [-0.4, -0.2) is 36.5 Å². The number of hydrogen-bond acceptors (Lipinski definition) is 5. The van der Waals surface area contributed by atoms with E-state index in [1.807, 2.05) is 27.7 Å². The number of aromatic nitrogens is 2. The minimum atomic E-state index is -2.49. The summed E-state index contributed by atoms with van der Waals surface area (Å²) in [7, 11) is -3.00. The molecule has 1 aliphatic heterocycles. The van der Waals surface area contributed by atoms with Crippen molar-refractivity contribution in [1.82, 2.24) is 9.78 Å². The zero-order chi connectivity index (χ0) is 13.6. The van der Waals surface area contributed by atoms with Crippen LogP contribution in [0.2, 0.25) is 0 Å². The van der Waals surface area contributed by atoms with Gasteiger partial charge < -0.3 is 9.31 Å². The van der Waals surface area contributed by atoms with Gasteiger partial charge in [0, 0.05) is 17.9 Å². The highest BCUT2D eigenvalue weighted by molar-refractivity contribution is 7.71. The molecule has 0 spiro atoms. The average molecular weight is 272 g/mol. The summed E-state index contributed by atoms with van der Waals surface area (Å²) in [6, 6.07) is 0. The Bertz CT molecular complexity index is 500. The van der Waals surface area contributed by atoms with Crippen molar-refractivity contribution in [3.8, 4) is 0 Å². The van der Waals surface area contributed by atoms with Crippen LogP contribution in [0.5, 0.6) is 0 Å². The summed E-state index contributed by atoms with van der Waals surface area (Å²) >= 11 is 0. The lowest BCUT2D eigenvalue weighted by Crippen LogP contribution is -2.41. The zero-order valence-electron chi connectivity index (χ0n) is 10.9. The lowest BCUT2D eigenvalue weighted by atomic mass is 9.82. The summed E-state index contributed by atoms with van der Waals surface area (Å²) in [5, 5.41) is 3.97. The number of nitrogens with zero attached hydrogens (tertiary/aromatic N) is 2. The molecular formula is C10H17BN2O4S. The normalized spacial score (nSPS) is 21.7. The van der Waals surface area contributed by atoms with Crippen molar-refractivity contribution < 1.29 is 17.7 Å². The van der Waals surface area contributed by atoms with Crippen LogP contribution < -0.4 is 5.46 Å². The topological polar surface area (TPSA) is 70.4 Å². The van der Waals surface area contributed by atoms with Crippen LogP contribution in [0, 0.1) is 0 Å². The van der Waals surface area contributed by atoms with E-state index in [1.165, 1.54) is 4.68 Å². The van der Waals surface area contributed by atoms with E-state index in [2.05, 4.69) is 5.10 Å². The molecule has 1 aromatic heterocycles. The Morgan fingerprint density at radius 1 is 1.28 bits per heavy atom. The highest BCUT2D eigenvalue weighted by atomic mass is 32.2. The SMILES string of the molecule is CC1(C)OB(c2cnn(C[SH](=O)=O)c2)OC1(C)C. The molecule has 0 aliphatic carbocycles. The third-order valence-electron chi connectivity index (χ3n) is 3.44. The molecule has 0 N–H and O–H groups in total. The summed E-state index contributed by atoms with van der Waals surface area (Å²) in [6.45, 7) is 7.86. The van der Waals surface area contributed by atoms with Crippen LogP contribution in [0.1, 0.15) is 27.7 Å². The fourth-order valence-electron chi connectivity index (χ4n) is 1.68. The summed E-state index contributed by atoms with van der Waals surface area (Å²) in [5.41, 5.74) is -0.0992. The first-order chi connectivity index (χ1) is 8.21. The molecule has 8 heteroatoms. The van der Waals surface area contributed by atoms with Crippen LogP contribution in [0.4, 0.5) is 0 Å². The Kier molecular flexibility index (Phi) is 3.29. The fourth-order valence-corrected chi connectivity index (χ4v) is 2.07. The molecule has 1 aromatic rings. The lowest BCUT2D eigenvalue weighted by molar-refractivity contribution is 0.00578. The second-order valence-electron chi connectivity index (χ2n) is 5.38. The molecule has 0 unspecified atom stereocenters. The predicted octanol–water partition coefficient (Wildman–Crippen LogP) is -0.249. The van der Waals surface area contributed by atoms with E-state index in [9.17, 15) is 8.42 Å². The zero-order valence-corrected chi connectivity index (χ0v) is 11.8. The molecule has 0 amide bonds. The molecule has 1 aliphatic rings. The summed E-state index contributed by atoms with van der Waals surface area (Å²) in [6.07, 6.45) is 3.20. The maximum absolute atomic E-state index is 10.6. The van der Waals surface area contributed by atoms with E-state index in [-0.39, 0.29) is 5.88 Å². The molecule has 0 radical (unpaired) electrons. The predicted molar refractivity (Wildman–Crippen MR) is 68.3 cm³/mol. The molecule has 6 nitrogen and oxygen atoms in total. The van der Waals surface area contributed by atoms with Crippen molar-refractivity contribution >= 4 is 23.3 Å². The smallest absolute Gasteiger partial charge is 0.399 e. The standard InChI is InChI=1S/C10H17BN2O4S/c1-9(2)10(3,4)17-11(16-9)8-5-12-13(6-8)7-18(14)15/h5-6,18H,7H2,1-4H3. The van der Waals surface area contributed by atoms with Gasteiger partial charge in [0.05, 0.1) is 11.2 Å². The Hall–Kier alpha value is -0.855. The molecule has 100 valence electrons. The van der Waals surface area contributed by atoms with Gasteiger partial charge in [-0.15, -0.1) is 0 Å². The molecule has 2 heterocycles. The molecule has 0 saturated carbocycles. The van der Waals surface area contributed by atoms with Gasteiger partial charge in [-0.3, -0.25) is 4.68 Å². The van der Waals surface area contributed by atoms with Gasteiger partial charge in [0.2, 0.25) is 0 Å². The molecule has 1 saturated heterocycles. The summed E-state index contributed by atoms with van der Waals surface area (Å²) < 4.78 is 34.3. The van der Waals surface area contributed by atoms with E-state index < -0.39 is 29.0 Å². The second kappa shape index (κ2) is 4.36. The Morgan fingerprint density at radius 2 is 1.83 bits per heavy atom. The van der Waals surface area contributed by atoms with Gasteiger partial charge in [0.25, 0.3) is 0 Å². The van der Waals surface area contributed by atoms with E-state index in [0.717, 1.165) is 5.46 Å². The van der Waals surface area contributed by atoms with Gasteiger partial charge in [-0.1, -0.05) is 0 Å². The van der Waals surface area contributed by atoms with Crippen molar-refractivity contribution in [1.29, 1.82) is 0 Å². The van der Waals surface area contributed by atoms with Crippen molar-refractivity contribution in [2.75, 3.05) is 0 Å². The minimum Gasteiger partial charge on any atom is -0.399 e. The van der Waals surface area contributed by atoms with Gasteiger partial charge in [-0.25, -0.2) is 8.42 Å². The number of hydrogen-bond donors (Lipinski definition) is 1. The van der Waals surface area contributed by atoms with Crippen LogP contribution in [-0.2, 0) is 25.9 Å². The first kappa shape index (κ1) is 13.6. The summed E-state index contributed by atoms with van der Waals surface area (Å²) in [4.78, 5) is 0. The van der Waals surface area contributed by atoms with Crippen molar-refractivity contribution in [3.63, 3.8) is 0 Å². The minimum absolute atomic E-state index is 0.130. The molecule has 0 bridgehead atoms. The fraction of sp³-hybridized carbons (Fsp3) is 0.700. The maximum Gasteiger partial charge on any atom is 0.498 e. The monoisotopic (exact) mass is 272 g/mol. The van der Waals surface area contributed by atoms with E-state index in [4.69, 9.17) is 9.31 Å². The van der Waals surface area contributed by atoms with Crippen LogP contribution in [0.3, 0.4) is 0 Å². The number of rotatable bonds is 3. The highest BCUT2D eigenvalue weighted by Crippen LogP contribution is 2.36. The summed E-state index contributed by atoms with van der Waals surface area (Å²) in [5.74, 6) is -0.130. The third kappa shape index (κ3) is 2.45. The van der Waals surface area contributed by atoms with Crippen molar-refractivity contribution in [3.05, 3.63) is 12.4 Å². The highest BCUT2D eigenvalue weighted by Gasteiger charge is 2.52. The van der Waals surface area contributed by atoms with Gasteiger partial charge in [0.1, 0.15) is 5.88 Å². The quantitative estimate of drug-likeness (QED) is 0.607. The maximum atomic E-state index is 10.6. The Labute approximate surface area is 108 Å². The molecule has 1 fully saturated rings. The van der Waals surface area contributed by atoms with Crippen LogP contribution in [0.25, 0.3) is 0 Å². The van der Waals surface area contributed by atoms with E-state index in [0.29, 0.717) is 0 Å². The van der Waals surface area contributed by atoms with Gasteiger partial charge in [-0.05, 0) is 27.7 Å². The third-order valence-corrected chi connectivity index (χ3v) is 3.96. The molecule has 2 rings (SSSR count). The first-order valence-corrected chi connectivity index (χ1v) is 7.07. The molecular weight excluding hydrogens is 255 g/mol. The second-order valence-corrected chi connectivity index (χ2v) is 6.32. The first-order valence-electron chi connectivity index (χ1n) is 5.71. The largest absolute Gasteiger partial charge is 0.498 e. The lowest BCUT2D eigenvalue weighted by Gasteiger charge is -2.32. The Balaban J connectivity index is 2.17. The Morgan fingerprint density at radius 3 is 2.33 bits per heavy atom. The van der Waals surface area contributed by atoms with E-state index >= 15 is 0 Å². The van der Waals surface area contributed by atoms with Gasteiger partial charge in [0.15, 0.2) is 10.7 Å². The van der Waals surface area contributed by atoms with Crippen molar-refractivity contribution in [2.24, 2.45) is 0 Å². The van der Waals surface area contributed by atoms with Gasteiger partial charge >= 0.3 is 7.12 Å². The number of thiol groups is 1. The van der Waals surface area contributed by atoms with Crippen LogP contribution in [0.15, 0.2) is 12.4 Å². The van der Waals surface area contributed by atoms with Gasteiger partial charge in [-0.2, -0.15) is 5.10 Å². The molecule has 18 heavy (non-hydrogen) atoms. The molecule has 0 aromatic carbocycles. The van der Waals surface area contributed by atoms with Crippen molar-refractivity contribution in [2.45, 2.75) is 44.8 Å². The average Bonchev–Trinajstić information content (AvgIpc) is 2.70. The molecule has 0 atom stereocenters. The van der Waals surface area contributed by atoms with E-state index in [1.54, 1.807) is 12.4 Å². The van der Waals surface area contributed by atoms with Crippen LogP contribution >= 0.6 is 0 Å².